The van der Waals surface area contributed by atoms with Gasteiger partial charge in [0.2, 0.25) is 11.8 Å². The number of ether oxygens (including phenoxy) is 5. The molecule has 2 unspecified atom stereocenters. The molecule has 65 heavy (non-hydrogen) atoms. The lowest BCUT2D eigenvalue weighted by atomic mass is 9.86. The molecule has 0 saturated carbocycles. The Morgan fingerprint density at radius 3 is 1.45 bits per heavy atom. The molecule has 0 spiro atoms. The summed E-state index contributed by atoms with van der Waals surface area (Å²) in [5.41, 5.74) is 6.68. The number of fused-ring (bicyclic) bond motifs is 2. The lowest BCUT2D eigenvalue weighted by Crippen LogP contribution is -2.41. The van der Waals surface area contributed by atoms with Crippen LogP contribution in [-0.4, -0.2) is 45.4 Å². The zero-order valence-corrected chi connectivity index (χ0v) is 37.5. The van der Waals surface area contributed by atoms with Crippen molar-refractivity contribution in [2.75, 3.05) is 43.3 Å². The Bertz CT molecular complexity index is 2710. The fourth-order valence-corrected chi connectivity index (χ4v) is 8.32. The van der Waals surface area contributed by atoms with Crippen molar-refractivity contribution in [3.63, 3.8) is 0 Å². The molecule has 13 heteroatoms. The van der Waals surface area contributed by atoms with Gasteiger partial charge in [-0.15, -0.1) is 0 Å². The van der Waals surface area contributed by atoms with Crippen LogP contribution in [0, 0.1) is 23.0 Å². The van der Waals surface area contributed by atoms with Gasteiger partial charge in [0.05, 0.1) is 70.1 Å². The lowest BCUT2D eigenvalue weighted by molar-refractivity contribution is -0.119. The maximum Gasteiger partial charge on any atom is 0.232 e. The van der Waals surface area contributed by atoms with Crippen molar-refractivity contribution in [2.45, 2.75) is 52.6 Å². The highest BCUT2D eigenvalue weighted by Crippen LogP contribution is 2.46. The monoisotopic (exact) mass is 899 g/mol. The molecule has 2 heterocycles. The average molecular weight is 900 g/mol. The van der Waals surface area contributed by atoms with E-state index >= 15 is 0 Å². The Morgan fingerprint density at radius 1 is 0.585 bits per heavy atom. The summed E-state index contributed by atoms with van der Waals surface area (Å²) in [6.07, 6.45) is 0.375. The summed E-state index contributed by atoms with van der Waals surface area (Å²) in [6.45, 7) is 9.47. The Morgan fingerprint density at radius 2 is 1.02 bits per heavy atom. The summed E-state index contributed by atoms with van der Waals surface area (Å²) in [4.78, 5) is 30.2. The van der Waals surface area contributed by atoms with Gasteiger partial charge in [-0.1, -0.05) is 29.8 Å². The number of nitrogens with zero attached hydrogens (tertiary/aromatic N) is 3. The van der Waals surface area contributed by atoms with Crippen LogP contribution in [0.4, 0.5) is 20.2 Å². The smallest absolute Gasteiger partial charge is 0.232 e. The molecule has 0 aliphatic carbocycles. The normalized spacial score (nSPS) is 15.2. The maximum absolute atomic E-state index is 14.3. The summed E-state index contributed by atoms with van der Waals surface area (Å²) >= 11 is 6.14. The fraction of sp³-hybridized carbons (Fsp3) is 0.250. The molecule has 0 N–H and O–H groups in total. The van der Waals surface area contributed by atoms with E-state index in [9.17, 15) is 18.4 Å². The first-order valence-electron chi connectivity index (χ1n) is 21.4. The number of halogens is 3. The molecule has 2 aliphatic rings. The van der Waals surface area contributed by atoms with Crippen LogP contribution in [0.5, 0.6) is 28.7 Å². The van der Waals surface area contributed by atoms with E-state index in [0.29, 0.717) is 77.0 Å². The minimum Gasteiger partial charge on any atom is -0.497 e. The first-order valence-corrected chi connectivity index (χ1v) is 21.7. The molecule has 0 fully saturated rings. The number of anilines is 2. The van der Waals surface area contributed by atoms with Crippen molar-refractivity contribution >= 4 is 34.8 Å². The van der Waals surface area contributed by atoms with Crippen LogP contribution in [0.15, 0.2) is 115 Å². The zero-order chi connectivity index (χ0) is 46.2. The number of nitriles is 1. The second-order valence-electron chi connectivity index (χ2n) is 15.0. The molecule has 6 aromatic rings. The van der Waals surface area contributed by atoms with Crippen LogP contribution in [-0.2, 0) is 22.4 Å². The largest absolute Gasteiger partial charge is 0.497 e. The Labute approximate surface area is 382 Å². The standard InChI is InChI=1S/C26H23ClN2O3.C26H25F2NO4/c1-3-31-23-13-19-14-25(30)29(21-11-5-17(16-28)6-12-21)26(18-7-9-20(27)10-8-18)22(19)15-24(23)32-4-2;1-4-32-23-13-17-14-25(30)29(18-7-9-19(31-3)10-8-18)26(20(17)15-24(23)33-5-2)16-6-11-21(27)22(28)12-16/h5-13,15,26H,3-4,14H2,1-2H3;6-13,15,26H,4-5,14H2,1-3H3. The highest BCUT2D eigenvalue weighted by molar-refractivity contribution is 6.30. The van der Waals surface area contributed by atoms with E-state index in [2.05, 4.69) is 6.07 Å². The molecular weight excluding hydrogens is 852 g/mol. The van der Waals surface area contributed by atoms with Gasteiger partial charge in [-0.25, -0.2) is 8.78 Å². The molecule has 0 aromatic heterocycles. The van der Waals surface area contributed by atoms with E-state index in [4.69, 9.17) is 40.5 Å². The zero-order valence-electron chi connectivity index (χ0n) is 36.7. The minimum absolute atomic E-state index is 0.0335. The van der Waals surface area contributed by atoms with Gasteiger partial charge in [-0.05, 0) is 158 Å². The summed E-state index contributed by atoms with van der Waals surface area (Å²) in [5, 5.41) is 9.79. The van der Waals surface area contributed by atoms with Gasteiger partial charge < -0.3 is 33.5 Å². The Kier molecular flexibility index (Phi) is 14.6. The third-order valence-electron chi connectivity index (χ3n) is 11.0. The Balaban J connectivity index is 0.000000194. The van der Waals surface area contributed by atoms with Gasteiger partial charge in [0, 0.05) is 16.4 Å². The van der Waals surface area contributed by atoms with Crippen LogP contribution in [0.1, 0.15) is 78.7 Å². The van der Waals surface area contributed by atoms with Crippen molar-refractivity contribution < 1.29 is 42.1 Å². The first-order chi connectivity index (χ1) is 31.5. The van der Waals surface area contributed by atoms with Gasteiger partial charge in [-0.3, -0.25) is 9.59 Å². The molecule has 334 valence electrons. The van der Waals surface area contributed by atoms with Gasteiger partial charge >= 0.3 is 0 Å². The van der Waals surface area contributed by atoms with Crippen molar-refractivity contribution in [1.29, 1.82) is 5.26 Å². The SMILES string of the molecule is CCOc1cc2c(cc1OCC)C(c1ccc(Cl)cc1)N(c1ccc(C#N)cc1)C(=O)C2.CCOc1cc2c(cc1OCC)C(c1ccc(F)c(F)c1)N(c1ccc(OC)cc1)C(=O)C2. The van der Waals surface area contributed by atoms with Gasteiger partial charge in [-0.2, -0.15) is 5.26 Å². The number of benzene rings is 6. The van der Waals surface area contributed by atoms with Crippen LogP contribution >= 0.6 is 11.6 Å². The second kappa shape index (κ2) is 20.6. The van der Waals surface area contributed by atoms with E-state index in [0.717, 1.165) is 45.6 Å². The van der Waals surface area contributed by atoms with Crippen molar-refractivity contribution in [2.24, 2.45) is 0 Å². The van der Waals surface area contributed by atoms with Crippen LogP contribution in [0.25, 0.3) is 0 Å². The number of rotatable bonds is 13. The van der Waals surface area contributed by atoms with E-state index in [1.165, 1.54) is 6.07 Å². The molecule has 2 amide bonds. The summed E-state index contributed by atoms with van der Waals surface area (Å²) in [6, 6.07) is 33.9. The van der Waals surface area contributed by atoms with Crippen LogP contribution in [0.3, 0.4) is 0 Å². The molecule has 10 nitrogen and oxygen atoms in total. The second-order valence-corrected chi connectivity index (χ2v) is 15.4. The molecule has 0 bridgehead atoms. The molecule has 6 aromatic carbocycles. The lowest BCUT2D eigenvalue weighted by Gasteiger charge is -2.38. The molecule has 2 aliphatic heterocycles. The number of hydrogen-bond donors (Lipinski definition) is 0. The van der Waals surface area contributed by atoms with Crippen LogP contribution in [0.2, 0.25) is 5.02 Å². The molecule has 0 radical (unpaired) electrons. The predicted molar refractivity (Wildman–Crippen MR) is 246 cm³/mol. The number of carbonyl (C=O) groups is 2. The van der Waals surface area contributed by atoms with E-state index in [-0.39, 0.29) is 30.7 Å². The fourth-order valence-electron chi connectivity index (χ4n) is 8.20. The summed E-state index contributed by atoms with van der Waals surface area (Å²) in [5.74, 6) is 0.901. The third-order valence-corrected chi connectivity index (χ3v) is 11.3. The number of methoxy groups -OCH3 is 1. The Hall–Kier alpha value is -7.10. The number of carbonyl (C=O) groups excluding carboxylic acids is 2. The number of hydrogen-bond acceptors (Lipinski definition) is 8. The van der Waals surface area contributed by atoms with Gasteiger partial charge in [0.25, 0.3) is 0 Å². The van der Waals surface area contributed by atoms with Crippen LogP contribution < -0.4 is 33.5 Å². The topological polar surface area (TPSA) is 111 Å². The average Bonchev–Trinajstić information content (AvgIpc) is 3.31. The van der Waals surface area contributed by atoms with E-state index < -0.39 is 17.7 Å². The highest BCUT2D eigenvalue weighted by atomic mass is 35.5. The third kappa shape index (κ3) is 9.86. The molecule has 8 rings (SSSR count). The van der Waals surface area contributed by atoms with E-state index in [1.54, 1.807) is 59.4 Å². The minimum atomic E-state index is -0.974. The summed E-state index contributed by atoms with van der Waals surface area (Å²) < 4.78 is 56.4. The van der Waals surface area contributed by atoms with Crippen molar-refractivity contribution in [3.05, 3.63) is 171 Å². The van der Waals surface area contributed by atoms with Gasteiger partial charge in [0.1, 0.15) is 5.75 Å². The maximum atomic E-state index is 14.3. The van der Waals surface area contributed by atoms with Crippen molar-refractivity contribution in [3.8, 4) is 34.8 Å². The molecular formula is C52H48ClF2N3O7. The molecule has 0 saturated heterocycles. The molecule has 2 atom stereocenters. The van der Waals surface area contributed by atoms with Crippen molar-refractivity contribution in [1.82, 2.24) is 0 Å². The summed E-state index contributed by atoms with van der Waals surface area (Å²) in [7, 11) is 1.56. The predicted octanol–water partition coefficient (Wildman–Crippen LogP) is 11.1. The quantitative estimate of drug-likeness (QED) is 0.113. The highest BCUT2D eigenvalue weighted by Gasteiger charge is 2.38. The van der Waals surface area contributed by atoms with E-state index in [1.807, 2.05) is 82.3 Å². The van der Waals surface area contributed by atoms with Gasteiger partial charge in [0.15, 0.2) is 34.6 Å². The first kappa shape index (κ1) is 45.9. The number of amides is 2.